The molecule has 0 bridgehead atoms. The summed E-state index contributed by atoms with van der Waals surface area (Å²) in [7, 11) is -7.89. The van der Waals surface area contributed by atoms with Crippen LogP contribution in [0.3, 0.4) is 0 Å². The van der Waals surface area contributed by atoms with Crippen molar-refractivity contribution in [2.24, 2.45) is 0 Å². The predicted octanol–water partition coefficient (Wildman–Crippen LogP) is 4.89. The second kappa shape index (κ2) is 8.33. The Morgan fingerprint density at radius 2 is 1.29 bits per heavy atom. The fourth-order valence-corrected chi connectivity index (χ4v) is 7.19. The first kappa shape index (κ1) is 22.8. The molecule has 2 aliphatic heterocycles. The number of carbonyl (C=O) groups excluding carboxylic acids is 1. The van der Waals surface area contributed by atoms with Gasteiger partial charge in [0.25, 0.3) is 0 Å². The number of aliphatic hydroxyl groups is 1. The number of benzene rings is 3. The van der Waals surface area contributed by atoms with Crippen molar-refractivity contribution in [1.29, 1.82) is 0 Å². The molecule has 0 atom stereocenters. The van der Waals surface area contributed by atoms with E-state index in [-0.39, 0.29) is 36.5 Å². The van der Waals surface area contributed by atoms with Crippen LogP contribution in [0, 0.1) is 0 Å². The maximum atomic E-state index is 12.9. The van der Waals surface area contributed by atoms with E-state index in [0.29, 0.717) is 11.1 Å². The van der Waals surface area contributed by atoms with Crippen LogP contribution in [0.2, 0.25) is 0 Å². The molecule has 6 nitrogen and oxygen atoms in total. The molecule has 0 saturated carbocycles. The van der Waals surface area contributed by atoms with E-state index in [2.05, 4.69) is 0 Å². The van der Waals surface area contributed by atoms with Crippen LogP contribution in [-0.4, -0.2) is 27.7 Å². The van der Waals surface area contributed by atoms with E-state index in [1.807, 2.05) is 0 Å². The summed E-state index contributed by atoms with van der Waals surface area (Å²) < 4.78 is 51.7. The van der Waals surface area contributed by atoms with E-state index in [1.54, 1.807) is 54.6 Å². The number of fused-ring (bicyclic) bond motifs is 2. The number of hydrogen-bond donors (Lipinski definition) is 1. The van der Waals surface area contributed by atoms with Crippen LogP contribution in [0.25, 0.3) is 11.3 Å². The van der Waals surface area contributed by atoms with Crippen LogP contribution in [0.5, 0.6) is 0 Å². The molecule has 2 heterocycles. The highest BCUT2D eigenvalue weighted by molar-refractivity contribution is 7.97. The van der Waals surface area contributed by atoms with Gasteiger partial charge in [0.15, 0.2) is 0 Å². The third-order valence-corrected chi connectivity index (χ3v) is 9.50. The molecular formula is C27H18O6S2. The zero-order valence-electron chi connectivity index (χ0n) is 18.1. The Morgan fingerprint density at radius 3 is 1.91 bits per heavy atom. The number of ketones is 1. The Hall–Kier alpha value is -4.01. The van der Waals surface area contributed by atoms with Gasteiger partial charge in [0.1, 0.15) is 15.6 Å². The summed E-state index contributed by atoms with van der Waals surface area (Å²) in [4.78, 5) is 12.1. The zero-order valence-corrected chi connectivity index (χ0v) is 19.8. The number of allylic oxidation sites excluding steroid dienone is 6. The standard InChI is InChI=1S/C27H18O6S2/c28-26-20-10-4-6-12-22(20)34(30,31)24(26)16-14-19(18-8-2-1-3-9-18)15-17-25-27(29)21-11-5-7-13-23(21)35(25,32)33/h1-17,28H/b16-14+,19-15-,25-17-. The number of sulfone groups is 2. The van der Waals surface area contributed by atoms with Gasteiger partial charge in [-0.3, -0.25) is 4.79 Å². The van der Waals surface area contributed by atoms with Crippen LogP contribution in [0.1, 0.15) is 21.5 Å². The molecule has 0 aliphatic carbocycles. The minimum atomic E-state index is -3.97. The molecule has 5 rings (SSSR count). The fourth-order valence-electron chi connectivity index (χ4n) is 4.08. The van der Waals surface area contributed by atoms with E-state index >= 15 is 0 Å². The van der Waals surface area contributed by atoms with Gasteiger partial charge in [0.2, 0.25) is 25.5 Å². The van der Waals surface area contributed by atoms with Gasteiger partial charge in [-0.05, 0) is 47.6 Å². The van der Waals surface area contributed by atoms with Gasteiger partial charge in [-0.15, -0.1) is 0 Å². The molecule has 1 N–H and O–H groups in total. The van der Waals surface area contributed by atoms with Crippen LogP contribution >= 0.6 is 0 Å². The van der Waals surface area contributed by atoms with E-state index < -0.39 is 25.5 Å². The van der Waals surface area contributed by atoms with Gasteiger partial charge in [-0.1, -0.05) is 66.7 Å². The largest absolute Gasteiger partial charge is 0.506 e. The number of rotatable bonds is 4. The highest BCUT2D eigenvalue weighted by Gasteiger charge is 2.38. The van der Waals surface area contributed by atoms with Gasteiger partial charge < -0.3 is 5.11 Å². The molecular weight excluding hydrogens is 484 g/mol. The van der Waals surface area contributed by atoms with Gasteiger partial charge >= 0.3 is 0 Å². The summed E-state index contributed by atoms with van der Waals surface area (Å²) in [6.45, 7) is 0. The monoisotopic (exact) mass is 502 g/mol. The van der Waals surface area contributed by atoms with Crippen molar-refractivity contribution in [2.75, 3.05) is 0 Å². The first-order chi connectivity index (χ1) is 16.7. The summed E-state index contributed by atoms with van der Waals surface area (Å²) in [6.07, 6.45) is 5.44. The topological polar surface area (TPSA) is 106 Å². The summed E-state index contributed by atoms with van der Waals surface area (Å²) in [5.41, 5.74) is 1.45. The molecule has 0 aromatic heterocycles. The zero-order chi connectivity index (χ0) is 24.8. The van der Waals surface area contributed by atoms with Crippen molar-refractivity contribution in [2.45, 2.75) is 9.79 Å². The molecule has 0 radical (unpaired) electrons. The molecule has 0 saturated heterocycles. The van der Waals surface area contributed by atoms with Crippen molar-refractivity contribution in [1.82, 2.24) is 0 Å². The first-order valence-corrected chi connectivity index (χ1v) is 13.5. The lowest BCUT2D eigenvalue weighted by atomic mass is 10.0. The van der Waals surface area contributed by atoms with E-state index in [4.69, 9.17) is 0 Å². The molecule has 174 valence electrons. The van der Waals surface area contributed by atoms with Crippen molar-refractivity contribution in [3.8, 4) is 0 Å². The van der Waals surface area contributed by atoms with E-state index in [1.165, 1.54) is 48.6 Å². The number of hydrogen-bond acceptors (Lipinski definition) is 6. The molecule has 3 aromatic rings. The number of aliphatic hydroxyl groups excluding tert-OH is 1. The summed E-state index contributed by atoms with van der Waals surface area (Å²) >= 11 is 0. The van der Waals surface area contributed by atoms with E-state index in [9.17, 15) is 26.7 Å². The molecule has 35 heavy (non-hydrogen) atoms. The number of carbonyl (C=O) groups is 1. The second-order valence-electron chi connectivity index (χ2n) is 7.89. The van der Waals surface area contributed by atoms with E-state index in [0.717, 1.165) is 0 Å². The van der Waals surface area contributed by atoms with Crippen LogP contribution in [-0.2, 0) is 19.7 Å². The molecule has 3 aromatic carbocycles. The normalized spacial score (nSPS) is 19.4. The van der Waals surface area contributed by atoms with Gasteiger partial charge in [-0.2, -0.15) is 0 Å². The third-order valence-electron chi connectivity index (χ3n) is 5.82. The lowest BCUT2D eigenvalue weighted by Crippen LogP contribution is -2.01. The maximum Gasteiger partial charge on any atom is 0.211 e. The summed E-state index contributed by atoms with van der Waals surface area (Å²) in [5.74, 6) is -0.950. The molecule has 0 fully saturated rings. The molecule has 0 amide bonds. The highest BCUT2D eigenvalue weighted by Crippen LogP contribution is 2.39. The number of Topliss-reactive ketones (excluding diaryl/α,β-unsaturated/α-hetero) is 1. The lowest BCUT2D eigenvalue weighted by molar-refractivity contribution is 0.104. The van der Waals surface area contributed by atoms with Gasteiger partial charge in [0.05, 0.1) is 9.79 Å². The lowest BCUT2D eigenvalue weighted by Gasteiger charge is -2.03. The predicted molar refractivity (Wildman–Crippen MR) is 133 cm³/mol. The Labute approximate surface area is 202 Å². The molecule has 0 spiro atoms. The minimum Gasteiger partial charge on any atom is -0.506 e. The van der Waals surface area contributed by atoms with Crippen LogP contribution in [0.4, 0.5) is 0 Å². The molecule has 2 aliphatic rings. The summed E-state index contributed by atoms with van der Waals surface area (Å²) in [6, 6.07) is 21.1. The van der Waals surface area contributed by atoms with Crippen molar-refractivity contribution >= 4 is 36.8 Å². The quantitative estimate of drug-likeness (QED) is 0.402. The Kier molecular flexibility index (Phi) is 5.42. The average molecular weight is 503 g/mol. The molecule has 0 unspecified atom stereocenters. The second-order valence-corrected chi connectivity index (χ2v) is 11.7. The van der Waals surface area contributed by atoms with Gasteiger partial charge in [0, 0.05) is 11.1 Å². The van der Waals surface area contributed by atoms with Crippen LogP contribution in [0.15, 0.2) is 123 Å². The fraction of sp³-hybridized carbons (Fsp3) is 0. The maximum absolute atomic E-state index is 12.9. The Bertz CT molecular complexity index is 1720. The average Bonchev–Trinajstić information content (AvgIpc) is 3.18. The summed E-state index contributed by atoms with van der Waals surface area (Å²) in [5, 5.41) is 10.6. The Morgan fingerprint density at radius 1 is 0.714 bits per heavy atom. The Balaban J connectivity index is 1.61. The SMILES string of the molecule is O=C1/C(=C/C=C(/C=C/C2=C(O)c3ccccc3S2(=O)=O)c2ccccc2)S(=O)(=O)c2ccccc21. The highest BCUT2D eigenvalue weighted by atomic mass is 32.2. The van der Waals surface area contributed by atoms with Crippen LogP contribution < -0.4 is 0 Å². The van der Waals surface area contributed by atoms with Gasteiger partial charge in [-0.25, -0.2) is 16.8 Å². The smallest absolute Gasteiger partial charge is 0.211 e. The minimum absolute atomic E-state index is 0.0184. The molecule has 8 heteroatoms. The third kappa shape index (κ3) is 3.67. The van der Waals surface area contributed by atoms with Crippen molar-refractivity contribution in [3.63, 3.8) is 0 Å². The van der Waals surface area contributed by atoms with Crippen molar-refractivity contribution in [3.05, 3.63) is 130 Å². The first-order valence-electron chi connectivity index (χ1n) is 10.5. The van der Waals surface area contributed by atoms with Crippen molar-refractivity contribution < 1.29 is 26.7 Å².